The van der Waals surface area contributed by atoms with Crippen LogP contribution in [0.25, 0.3) is 0 Å². The number of hydrogen-bond donors (Lipinski definition) is 1. The van der Waals surface area contributed by atoms with Crippen molar-refractivity contribution in [1.82, 2.24) is 10.3 Å². The Kier molecular flexibility index (Phi) is 6.79. The first-order chi connectivity index (χ1) is 13.1. The minimum atomic E-state index is -4.57. The van der Waals surface area contributed by atoms with Gasteiger partial charge in [0.15, 0.2) is 34.6 Å². The molecule has 0 aliphatic heterocycles. The summed E-state index contributed by atoms with van der Waals surface area (Å²) in [5, 5.41) is 72.9. The highest BCUT2D eigenvalue weighted by Crippen LogP contribution is 2.16. The molecule has 0 spiro atoms. The third kappa shape index (κ3) is 4.09. The zero-order chi connectivity index (χ0) is 23.3. The summed E-state index contributed by atoms with van der Waals surface area (Å²) in [6.07, 6.45) is 0. The lowest BCUT2D eigenvalue weighted by molar-refractivity contribution is -0.972. The van der Waals surface area contributed by atoms with Gasteiger partial charge in [-0.2, -0.15) is 0 Å². The molecule has 2 amide bonds. The Morgan fingerprint density at radius 1 is 0.655 bits per heavy atom. The molecule has 29 heavy (non-hydrogen) atoms. The normalized spacial score (nSPS) is 11.0. The van der Waals surface area contributed by atoms with Gasteiger partial charge in [0, 0.05) is 0 Å². The molecule has 24 heteroatoms. The van der Waals surface area contributed by atoms with Gasteiger partial charge in [-0.25, -0.2) is 14.9 Å². The van der Waals surface area contributed by atoms with Crippen LogP contribution in [-0.4, -0.2) is 70.3 Å². The lowest BCUT2D eigenvalue weighted by atomic mass is 10.3. The van der Waals surface area contributed by atoms with E-state index in [0.717, 1.165) is 5.32 Å². The van der Waals surface area contributed by atoms with E-state index < -0.39 is 70.3 Å². The van der Waals surface area contributed by atoms with E-state index in [1.165, 1.54) is 0 Å². The average molecular weight is 431 g/mol. The number of hydrogen-bond acceptors (Lipinski definition) is 15. The molecule has 0 aliphatic rings. The second kappa shape index (κ2) is 8.18. The Hall–Kier alpha value is -4.93. The predicted molar refractivity (Wildman–Crippen MR) is 74.5 cm³/mol. The third-order valence-electron chi connectivity index (χ3n) is 3.02. The molecule has 0 aliphatic carbocycles. The summed E-state index contributed by atoms with van der Waals surface area (Å²) < 4.78 is 0. The molecule has 24 nitrogen and oxygen atoms in total. The van der Waals surface area contributed by atoms with Gasteiger partial charge in [0.2, 0.25) is 6.54 Å². The quantitative estimate of drug-likeness (QED) is 0.195. The van der Waals surface area contributed by atoms with Crippen molar-refractivity contribution in [2.24, 2.45) is 0 Å². The SMILES string of the molecule is O=C(NCC([N+](=O)[O-])([N+](=O)[O-])[N+](=O)[O-])N(CC([N+](=O)[O-])([N+](=O)[O-])[N+](=O)[O-])[N+](=O)[O-]. The lowest BCUT2D eigenvalue weighted by Crippen LogP contribution is -2.65. The van der Waals surface area contributed by atoms with E-state index in [1.807, 2.05) is 0 Å². The average Bonchev–Trinajstić information content (AvgIpc) is 2.53. The van der Waals surface area contributed by atoms with Crippen molar-refractivity contribution in [3.8, 4) is 0 Å². The van der Waals surface area contributed by atoms with Gasteiger partial charge in [-0.15, -0.1) is 0 Å². The molecule has 0 heterocycles. The van der Waals surface area contributed by atoms with Gasteiger partial charge in [0.25, 0.3) is 0 Å². The topological polar surface area (TPSA) is 334 Å². The van der Waals surface area contributed by atoms with E-state index in [1.54, 1.807) is 0 Å². The molecule has 160 valence electrons. The number of carbonyl (C=O) groups excluding carboxylic acids is 1. The smallest absolute Gasteiger partial charge is 0.312 e. The molecule has 0 saturated carbocycles. The fourth-order valence-corrected chi connectivity index (χ4v) is 1.46. The first kappa shape index (κ1) is 24.1. The number of urea groups is 1. The lowest BCUT2D eigenvalue weighted by Gasteiger charge is -2.15. The highest BCUT2D eigenvalue weighted by atomic mass is 16.8. The zero-order valence-electron chi connectivity index (χ0n) is 13.1. The number of carbonyl (C=O) groups is 1. The number of nitro groups is 7. The summed E-state index contributed by atoms with van der Waals surface area (Å²) >= 11 is 0. The Morgan fingerprint density at radius 3 is 1.21 bits per heavy atom. The summed E-state index contributed by atoms with van der Waals surface area (Å²) in [4.78, 5) is 73.8. The molecule has 0 aromatic rings. The van der Waals surface area contributed by atoms with E-state index in [2.05, 4.69) is 0 Å². The highest BCUT2D eigenvalue weighted by molar-refractivity contribution is 5.72. The summed E-state index contributed by atoms with van der Waals surface area (Å²) in [6, 6.07) is -2.43. The molecule has 0 aromatic carbocycles. The summed E-state index contributed by atoms with van der Waals surface area (Å²) in [7, 11) is 0. The van der Waals surface area contributed by atoms with Crippen LogP contribution < -0.4 is 5.32 Å². The van der Waals surface area contributed by atoms with E-state index in [9.17, 15) is 75.6 Å². The van der Waals surface area contributed by atoms with Crippen LogP contribution in [0.5, 0.6) is 0 Å². The Morgan fingerprint density at radius 2 is 0.966 bits per heavy atom. The fraction of sp³-hybridized carbons (Fsp3) is 0.800. The van der Waals surface area contributed by atoms with E-state index in [4.69, 9.17) is 0 Å². The zero-order valence-corrected chi connectivity index (χ0v) is 13.1. The molecule has 0 rings (SSSR count). The molecule has 0 bridgehead atoms. The summed E-state index contributed by atoms with van der Waals surface area (Å²) in [5.41, 5.74) is 0. The van der Waals surface area contributed by atoms with Crippen molar-refractivity contribution in [1.29, 1.82) is 0 Å². The maximum atomic E-state index is 11.7. The van der Waals surface area contributed by atoms with Crippen molar-refractivity contribution in [2.45, 2.75) is 11.6 Å². The minimum absolute atomic E-state index is 0.941. The summed E-state index contributed by atoms with van der Waals surface area (Å²) in [5.74, 6) is -8.93. The van der Waals surface area contributed by atoms with Gasteiger partial charge in [-0.3, -0.25) is 60.7 Å². The van der Waals surface area contributed by atoms with Crippen molar-refractivity contribution in [3.05, 3.63) is 70.8 Å². The number of hydrazine groups is 1. The molecule has 0 fully saturated rings. The maximum Gasteiger partial charge on any atom is 0.724 e. The van der Waals surface area contributed by atoms with Crippen LogP contribution in [0.2, 0.25) is 0 Å². The molecule has 0 saturated heterocycles. The fourth-order valence-electron chi connectivity index (χ4n) is 1.46. The number of nitrogens with zero attached hydrogens (tertiary/aromatic N) is 8. The minimum Gasteiger partial charge on any atom is -0.312 e. The van der Waals surface area contributed by atoms with Gasteiger partial charge >= 0.3 is 24.1 Å². The van der Waals surface area contributed by atoms with Crippen LogP contribution in [-0.2, 0) is 0 Å². The first-order valence-electron chi connectivity index (χ1n) is 6.15. The standard InChI is InChI=1S/C5H5N9O15/c15-3(6-1-4(8(16)17,9(18)19)10(20)21)7(14(28)29)2-5(11(22)23,12(24)25)13(26)27/h1-2H2,(H,6,15). The molecular formula is C5H5N9O15. The maximum absolute atomic E-state index is 11.7. The van der Waals surface area contributed by atoms with Crippen LogP contribution in [0.15, 0.2) is 0 Å². The molecular weight excluding hydrogens is 426 g/mol. The Balaban J connectivity index is 6.01. The van der Waals surface area contributed by atoms with Crippen LogP contribution >= 0.6 is 0 Å². The van der Waals surface area contributed by atoms with Crippen LogP contribution in [0, 0.1) is 70.8 Å². The second-order valence-corrected chi connectivity index (χ2v) is 4.55. The van der Waals surface area contributed by atoms with Gasteiger partial charge in [-0.05, 0) is 5.01 Å². The number of rotatable bonds is 11. The van der Waals surface area contributed by atoms with E-state index in [0.29, 0.717) is 0 Å². The molecule has 0 unspecified atom stereocenters. The van der Waals surface area contributed by atoms with Crippen molar-refractivity contribution >= 4 is 6.03 Å². The third-order valence-corrected chi connectivity index (χ3v) is 3.02. The summed E-state index contributed by atoms with van der Waals surface area (Å²) in [6.45, 7) is -4.67. The van der Waals surface area contributed by atoms with Crippen molar-refractivity contribution in [3.63, 3.8) is 0 Å². The largest absolute Gasteiger partial charge is 0.724 e. The van der Waals surface area contributed by atoms with Crippen molar-refractivity contribution in [2.75, 3.05) is 13.1 Å². The van der Waals surface area contributed by atoms with Gasteiger partial charge in [-0.1, -0.05) is 0 Å². The number of amides is 2. The van der Waals surface area contributed by atoms with Crippen LogP contribution in [0.4, 0.5) is 4.79 Å². The van der Waals surface area contributed by atoms with Gasteiger partial charge in [0.1, 0.15) is 0 Å². The van der Waals surface area contributed by atoms with Gasteiger partial charge < -0.3 is 5.32 Å². The predicted octanol–water partition coefficient (Wildman–Crippen LogP) is -2.84. The Bertz CT molecular complexity index is 732. The van der Waals surface area contributed by atoms with E-state index in [-0.39, 0.29) is 0 Å². The number of nitrogens with one attached hydrogen (secondary N) is 1. The monoisotopic (exact) mass is 431 g/mol. The van der Waals surface area contributed by atoms with Crippen LogP contribution in [0.3, 0.4) is 0 Å². The molecule has 1 N–H and O–H groups in total. The molecule has 0 atom stereocenters. The van der Waals surface area contributed by atoms with Crippen molar-refractivity contribution < 1.29 is 39.4 Å². The highest BCUT2D eigenvalue weighted by Gasteiger charge is 2.75. The van der Waals surface area contributed by atoms with Gasteiger partial charge in [0.05, 0.1) is 0 Å². The molecule has 0 aromatic heterocycles. The second-order valence-electron chi connectivity index (χ2n) is 4.55. The van der Waals surface area contributed by atoms with Crippen LogP contribution in [0.1, 0.15) is 0 Å². The molecule has 0 radical (unpaired) electrons. The first-order valence-corrected chi connectivity index (χ1v) is 6.15. The Labute approximate surface area is 152 Å². The van der Waals surface area contributed by atoms with E-state index >= 15 is 0 Å².